The molecule has 4 nitrogen and oxygen atoms in total. The van der Waals surface area contributed by atoms with Crippen molar-refractivity contribution in [3.8, 4) is 0 Å². The summed E-state index contributed by atoms with van der Waals surface area (Å²) >= 11 is 0. The summed E-state index contributed by atoms with van der Waals surface area (Å²) < 4.78 is 5.26. The third kappa shape index (κ3) is 2.69. The molecule has 0 aromatic heterocycles. The van der Waals surface area contributed by atoms with Crippen LogP contribution in [-0.4, -0.2) is 48.3 Å². The number of carbonyl (C=O) groups is 1. The zero-order valence-corrected chi connectivity index (χ0v) is 9.12. The summed E-state index contributed by atoms with van der Waals surface area (Å²) in [5, 5.41) is 8.95. The Kier molecular flexibility index (Phi) is 3.50. The predicted octanol–water partition coefficient (Wildman–Crippen LogP) is 0.252. The Hall–Kier alpha value is -0.610. The fraction of sp³-hybridized carbons (Fsp3) is 0.900. The molecule has 1 N–H and O–H groups in total. The van der Waals surface area contributed by atoms with Crippen molar-refractivity contribution in [2.45, 2.75) is 25.9 Å². The van der Waals surface area contributed by atoms with Gasteiger partial charge in [-0.25, -0.2) is 0 Å². The first-order valence-electron chi connectivity index (χ1n) is 4.92. The monoisotopic (exact) mass is 201 g/mol. The molecule has 4 heteroatoms. The molecular weight excluding hydrogens is 182 g/mol. The van der Waals surface area contributed by atoms with E-state index in [2.05, 4.69) is 0 Å². The molecule has 0 spiro atoms. The van der Waals surface area contributed by atoms with Crippen LogP contribution in [0.2, 0.25) is 0 Å². The average Bonchev–Trinajstić information content (AvgIpc) is 2.47. The van der Waals surface area contributed by atoms with Crippen LogP contribution < -0.4 is 0 Å². The van der Waals surface area contributed by atoms with Gasteiger partial charge in [-0.3, -0.25) is 4.79 Å². The molecule has 14 heavy (non-hydrogen) atoms. The first-order valence-corrected chi connectivity index (χ1v) is 4.92. The summed E-state index contributed by atoms with van der Waals surface area (Å²) in [6.45, 7) is 5.25. The van der Waals surface area contributed by atoms with Crippen molar-refractivity contribution in [2.75, 3.05) is 26.8 Å². The Balaban J connectivity index is 2.50. The van der Waals surface area contributed by atoms with Crippen molar-refractivity contribution in [2.24, 2.45) is 5.92 Å². The summed E-state index contributed by atoms with van der Waals surface area (Å²) in [7, 11) is 1.64. The Labute approximate surface area is 84.8 Å². The number of carbonyl (C=O) groups excluding carboxylic acids is 1. The van der Waals surface area contributed by atoms with Gasteiger partial charge >= 0.3 is 0 Å². The molecule has 0 bridgehead atoms. The lowest BCUT2D eigenvalue weighted by molar-refractivity contribution is -0.130. The molecule has 1 aliphatic rings. The highest BCUT2D eigenvalue weighted by Crippen LogP contribution is 2.20. The molecule has 1 amide bonds. The van der Waals surface area contributed by atoms with Crippen molar-refractivity contribution >= 4 is 5.91 Å². The van der Waals surface area contributed by atoms with E-state index in [-0.39, 0.29) is 24.0 Å². The smallest absolute Gasteiger partial charge is 0.223 e. The number of rotatable bonds is 4. The SMILES string of the molecule is COC(C)(C)CN1CC(CO)CC1=O. The van der Waals surface area contributed by atoms with E-state index in [0.29, 0.717) is 19.5 Å². The second-order valence-corrected chi connectivity index (χ2v) is 4.49. The van der Waals surface area contributed by atoms with E-state index in [1.54, 1.807) is 12.0 Å². The van der Waals surface area contributed by atoms with E-state index in [9.17, 15) is 4.79 Å². The van der Waals surface area contributed by atoms with Gasteiger partial charge in [0.05, 0.1) is 5.60 Å². The minimum absolute atomic E-state index is 0.0929. The van der Waals surface area contributed by atoms with Crippen LogP contribution in [0.4, 0.5) is 0 Å². The van der Waals surface area contributed by atoms with Gasteiger partial charge in [0.25, 0.3) is 0 Å². The van der Waals surface area contributed by atoms with Crippen LogP contribution in [-0.2, 0) is 9.53 Å². The normalized spacial score (nSPS) is 23.3. The van der Waals surface area contributed by atoms with Gasteiger partial charge in [0, 0.05) is 39.1 Å². The fourth-order valence-electron chi connectivity index (χ4n) is 1.65. The van der Waals surface area contributed by atoms with Gasteiger partial charge in [0.2, 0.25) is 5.91 Å². The zero-order chi connectivity index (χ0) is 10.8. The summed E-state index contributed by atoms with van der Waals surface area (Å²) in [5.74, 6) is 0.226. The minimum atomic E-state index is -0.306. The highest BCUT2D eigenvalue weighted by Gasteiger charge is 2.32. The molecule has 0 aliphatic carbocycles. The maximum atomic E-state index is 11.5. The quantitative estimate of drug-likeness (QED) is 0.709. The Morgan fingerprint density at radius 3 is 2.71 bits per heavy atom. The van der Waals surface area contributed by atoms with Crippen LogP contribution >= 0.6 is 0 Å². The number of hydrogen-bond donors (Lipinski definition) is 1. The summed E-state index contributed by atoms with van der Waals surface area (Å²) in [6, 6.07) is 0. The topological polar surface area (TPSA) is 49.8 Å². The van der Waals surface area contributed by atoms with Crippen LogP contribution in [0.15, 0.2) is 0 Å². The van der Waals surface area contributed by atoms with Crippen molar-refractivity contribution in [3.05, 3.63) is 0 Å². The number of hydrogen-bond acceptors (Lipinski definition) is 3. The Morgan fingerprint density at radius 1 is 1.64 bits per heavy atom. The second-order valence-electron chi connectivity index (χ2n) is 4.49. The van der Waals surface area contributed by atoms with Crippen molar-refractivity contribution in [1.29, 1.82) is 0 Å². The van der Waals surface area contributed by atoms with Crippen LogP contribution in [0.1, 0.15) is 20.3 Å². The van der Waals surface area contributed by atoms with E-state index in [1.165, 1.54) is 0 Å². The van der Waals surface area contributed by atoms with Crippen molar-refractivity contribution < 1.29 is 14.6 Å². The van der Waals surface area contributed by atoms with Crippen LogP contribution in [0.3, 0.4) is 0 Å². The van der Waals surface area contributed by atoms with Crippen molar-refractivity contribution in [3.63, 3.8) is 0 Å². The van der Waals surface area contributed by atoms with E-state index in [1.807, 2.05) is 13.8 Å². The third-order valence-electron chi connectivity index (χ3n) is 2.68. The van der Waals surface area contributed by atoms with Crippen molar-refractivity contribution in [1.82, 2.24) is 4.90 Å². The minimum Gasteiger partial charge on any atom is -0.396 e. The van der Waals surface area contributed by atoms with Gasteiger partial charge in [0.15, 0.2) is 0 Å². The van der Waals surface area contributed by atoms with Gasteiger partial charge in [-0.15, -0.1) is 0 Å². The summed E-state index contributed by atoms with van der Waals surface area (Å²) in [6.07, 6.45) is 0.469. The number of amides is 1. The number of nitrogens with zero attached hydrogens (tertiary/aromatic N) is 1. The molecule has 0 aromatic carbocycles. The van der Waals surface area contributed by atoms with Crippen LogP contribution in [0.25, 0.3) is 0 Å². The molecular formula is C10H19NO3. The molecule has 1 aliphatic heterocycles. The van der Waals surface area contributed by atoms with Gasteiger partial charge in [-0.05, 0) is 13.8 Å². The standard InChI is InChI=1S/C10H19NO3/c1-10(2,14-3)7-11-5-8(6-12)4-9(11)13/h8,12H,4-7H2,1-3H3. The fourth-order valence-corrected chi connectivity index (χ4v) is 1.65. The van der Waals surface area contributed by atoms with E-state index in [4.69, 9.17) is 9.84 Å². The maximum absolute atomic E-state index is 11.5. The first-order chi connectivity index (χ1) is 6.48. The molecule has 1 heterocycles. The van der Waals surface area contributed by atoms with Gasteiger partial charge < -0.3 is 14.7 Å². The number of aliphatic hydroxyl groups excluding tert-OH is 1. The number of aliphatic hydroxyl groups is 1. The molecule has 0 aromatic rings. The Morgan fingerprint density at radius 2 is 2.29 bits per heavy atom. The molecule has 1 saturated heterocycles. The number of likely N-dealkylation sites (tertiary alicyclic amines) is 1. The molecule has 0 radical (unpaired) electrons. The number of methoxy groups -OCH3 is 1. The highest BCUT2D eigenvalue weighted by molar-refractivity contribution is 5.78. The molecule has 0 saturated carbocycles. The van der Waals surface area contributed by atoms with Crippen LogP contribution in [0, 0.1) is 5.92 Å². The maximum Gasteiger partial charge on any atom is 0.223 e. The lowest BCUT2D eigenvalue weighted by atomic mass is 10.1. The molecule has 82 valence electrons. The second kappa shape index (κ2) is 4.28. The summed E-state index contributed by atoms with van der Waals surface area (Å²) in [5.41, 5.74) is -0.306. The number of ether oxygens (including phenoxy) is 1. The Bertz CT molecular complexity index is 215. The lowest BCUT2D eigenvalue weighted by Gasteiger charge is -2.29. The lowest BCUT2D eigenvalue weighted by Crippen LogP contribution is -2.41. The third-order valence-corrected chi connectivity index (χ3v) is 2.68. The van der Waals surface area contributed by atoms with E-state index in [0.717, 1.165) is 0 Å². The molecule has 1 rings (SSSR count). The highest BCUT2D eigenvalue weighted by atomic mass is 16.5. The van der Waals surface area contributed by atoms with Gasteiger partial charge in [-0.2, -0.15) is 0 Å². The summed E-state index contributed by atoms with van der Waals surface area (Å²) in [4.78, 5) is 13.3. The predicted molar refractivity (Wildman–Crippen MR) is 52.9 cm³/mol. The van der Waals surface area contributed by atoms with Gasteiger partial charge in [0.1, 0.15) is 0 Å². The molecule has 1 fully saturated rings. The molecule has 1 atom stereocenters. The zero-order valence-electron chi connectivity index (χ0n) is 9.12. The van der Waals surface area contributed by atoms with E-state index < -0.39 is 0 Å². The molecule has 1 unspecified atom stereocenters. The first kappa shape index (κ1) is 11.5. The van der Waals surface area contributed by atoms with E-state index >= 15 is 0 Å². The largest absolute Gasteiger partial charge is 0.396 e. The van der Waals surface area contributed by atoms with Gasteiger partial charge in [-0.1, -0.05) is 0 Å². The average molecular weight is 201 g/mol. The van der Waals surface area contributed by atoms with Crippen LogP contribution in [0.5, 0.6) is 0 Å².